The Balaban J connectivity index is 1.76. The largest absolute Gasteiger partial charge is 0.385 e. The number of nitrogens with one attached hydrogen (secondary N) is 1. The van der Waals surface area contributed by atoms with E-state index in [2.05, 4.69) is 21.3 Å². The van der Waals surface area contributed by atoms with E-state index in [4.69, 9.17) is 28.6 Å². The first-order valence-corrected chi connectivity index (χ1v) is 10.5. The average molecular weight is 445 g/mol. The highest BCUT2D eigenvalue weighted by atomic mass is 35.5. The number of methoxy groups -OCH3 is 1. The van der Waals surface area contributed by atoms with Gasteiger partial charge in [0.2, 0.25) is 0 Å². The highest BCUT2D eigenvalue weighted by Gasteiger charge is 2.40. The van der Waals surface area contributed by atoms with Crippen molar-refractivity contribution in [3.8, 4) is 5.69 Å². The predicted molar refractivity (Wildman–Crippen MR) is 119 cm³/mol. The Kier molecular flexibility index (Phi) is 6.32. The molecule has 1 aliphatic heterocycles. The van der Waals surface area contributed by atoms with Crippen molar-refractivity contribution in [2.24, 2.45) is 0 Å². The summed E-state index contributed by atoms with van der Waals surface area (Å²) in [5, 5.41) is 4.21. The Hall–Kier alpha value is -2.48. The average Bonchev–Trinajstić information content (AvgIpc) is 3.35. The van der Waals surface area contributed by atoms with E-state index in [1.807, 2.05) is 35.0 Å². The molecule has 0 bridgehead atoms. The minimum atomic E-state index is -0.439. The molecule has 0 aliphatic carbocycles. The molecule has 30 heavy (non-hydrogen) atoms. The third kappa shape index (κ3) is 4.05. The van der Waals surface area contributed by atoms with Crippen molar-refractivity contribution in [2.45, 2.75) is 18.5 Å². The molecule has 3 heterocycles. The molecule has 1 aliphatic rings. The molecule has 1 aromatic carbocycles. The molecule has 0 saturated carbocycles. The van der Waals surface area contributed by atoms with Crippen molar-refractivity contribution >= 4 is 28.9 Å². The number of aromatic nitrogens is 2. The van der Waals surface area contributed by atoms with Crippen LogP contribution in [0.3, 0.4) is 0 Å². The number of halogens is 2. The fraction of sp³-hybridized carbons (Fsp3) is 0.273. The van der Waals surface area contributed by atoms with Crippen molar-refractivity contribution < 1.29 is 9.13 Å². The van der Waals surface area contributed by atoms with Gasteiger partial charge < -0.3 is 19.5 Å². The quantitative estimate of drug-likeness (QED) is 0.423. The molecule has 2 atom stereocenters. The first kappa shape index (κ1) is 20.8. The molecule has 0 radical (unpaired) electrons. The summed E-state index contributed by atoms with van der Waals surface area (Å²) >= 11 is 11.7. The van der Waals surface area contributed by atoms with Gasteiger partial charge in [0, 0.05) is 44.0 Å². The lowest BCUT2D eigenvalue weighted by Crippen LogP contribution is -2.32. The van der Waals surface area contributed by atoms with Gasteiger partial charge in [0.1, 0.15) is 5.82 Å². The Morgan fingerprint density at radius 1 is 1.23 bits per heavy atom. The van der Waals surface area contributed by atoms with Gasteiger partial charge >= 0.3 is 0 Å². The molecule has 4 rings (SSSR count). The first-order valence-electron chi connectivity index (χ1n) is 9.70. The molecule has 8 heteroatoms. The summed E-state index contributed by atoms with van der Waals surface area (Å²) in [6, 6.07) is 14.4. The number of nitrogens with zero attached hydrogens (tertiary/aromatic N) is 3. The van der Waals surface area contributed by atoms with E-state index in [0.29, 0.717) is 11.7 Å². The van der Waals surface area contributed by atoms with E-state index in [-0.39, 0.29) is 17.1 Å². The van der Waals surface area contributed by atoms with Gasteiger partial charge in [-0.25, -0.2) is 4.39 Å². The zero-order valence-electron chi connectivity index (χ0n) is 16.5. The van der Waals surface area contributed by atoms with Crippen molar-refractivity contribution in [1.82, 2.24) is 19.8 Å². The van der Waals surface area contributed by atoms with Gasteiger partial charge in [-0.2, -0.15) is 0 Å². The maximum atomic E-state index is 13.7. The standard InChI is InChI=1S/C22H22ClFN4OS/c1-29-13-5-12-28-21(20(26-22(28)30)18-6-2-3-10-25-18)19-7-4-11-27(19)15-8-9-17(24)16(23)14-15/h2-4,6-11,14,20-21H,5,12-13H2,1H3,(H,26,30)/t20-,21+/m0/s1. The van der Waals surface area contributed by atoms with Gasteiger partial charge in [-0.15, -0.1) is 0 Å². The lowest BCUT2D eigenvalue weighted by atomic mass is 10.0. The van der Waals surface area contributed by atoms with Crippen LogP contribution in [0.5, 0.6) is 0 Å². The van der Waals surface area contributed by atoms with E-state index in [0.717, 1.165) is 30.0 Å². The zero-order valence-corrected chi connectivity index (χ0v) is 18.0. The van der Waals surface area contributed by atoms with Crippen LogP contribution in [0.2, 0.25) is 5.02 Å². The highest BCUT2D eigenvalue weighted by Crippen LogP contribution is 2.39. The van der Waals surface area contributed by atoms with Crippen molar-refractivity contribution in [2.75, 3.05) is 20.3 Å². The number of rotatable bonds is 7. The van der Waals surface area contributed by atoms with Gasteiger partial charge in [0.15, 0.2) is 5.11 Å². The molecule has 1 fully saturated rings. The molecule has 1 N–H and O–H groups in total. The van der Waals surface area contributed by atoms with E-state index < -0.39 is 5.82 Å². The highest BCUT2D eigenvalue weighted by molar-refractivity contribution is 7.80. The zero-order chi connectivity index (χ0) is 21.1. The van der Waals surface area contributed by atoms with E-state index in [1.165, 1.54) is 6.07 Å². The fourth-order valence-electron chi connectivity index (χ4n) is 3.85. The summed E-state index contributed by atoms with van der Waals surface area (Å²) in [5.41, 5.74) is 2.71. The number of hydrogen-bond acceptors (Lipinski definition) is 3. The summed E-state index contributed by atoms with van der Waals surface area (Å²) < 4.78 is 21.0. The summed E-state index contributed by atoms with van der Waals surface area (Å²) in [7, 11) is 1.69. The minimum absolute atomic E-state index is 0.0884. The minimum Gasteiger partial charge on any atom is -0.385 e. The van der Waals surface area contributed by atoms with Crippen molar-refractivity contribution in [1.29, 1.82) is 0 Å². The maximum Gasteiger partial charge on any atom is 0.170 e. The van der Waals surface area contributed by atoms with Crippen LogP contribution in [0.1, 0.15) is 29.9 Å². The van der Waals surface area contributed by atoms with E-state index in [9.17, 15) is 4.39 Å². The van der Waals surface area contributed by atoms with E-state index in [1.54, 1.807) is 25.4 Å². The Morgan fingerprint density at radius 3 is 2.83 bits per heavy atom. The molecule has 5 nitrogen and oxygen atoms in total. The van der Waals surface area contributed by atoms with Gasteiger partial charge in [-0.3, -0.25) is 4.98 Å². The van der Waals surface area contributed by atoms with Gasteiger partial charge in [0.05, 0.1) is 22.8 Å². The summed E-state index contributed by atoms with van der Waals surface area (Å²) in [6.45, 7) is 1.39. The van der Waals surface area contributed by atoms with Crippen LogP contribution < -0.4 is 5.32 Å². The smallest absolute Gasteiger partial charge is 0.170 e. The van der Waals surface area contributed by atoms with Crippen LogP contribution in [0, 0.1) is 5.82 Å². The second-order valence-corrected chi connectivity index (χ2v) is 7.86. The number of hydrogen-bond donors (Lipinski definition) is 1. The first-order chi connectivity index (χ1) is 14.6. The molecule has 0 spiro atoms. The molecular weight excluding hydrogens is 423 g/mol. The van der Waals surface area contributed by atoms with Gasteiger partial charge in [-0.1, -0.05) is 17.7 Å². The van der Waals surface area contributed by atoms with Crippen LogP contribution in [-0.2, 0) is 4.74 Å². The maximum absolute atomic E-state index is 13.7. The molecule has 3 aromatic rings. The summed E-state index contributed by atoms with van der Waals surface area (Å²) in [4.78, 5) is 6.73. The van der Waals surface area contributed by atoms with Crippen LogP contribution in [0.4, 0.5) is 4.39 Å². The predicted octanol–water partition coefficient (Wildman–Crippen LogP) is 4.67. The Labute approximate surface area is 185 Å². The molecule has 1 saturated heterocycles. The summed E-state index contributed by atoms with van der Waals surface area (Å²) in [6.07, 6.45) is 4.57. The van der Waals surface area contributed by atoms with Gasteiger partial charge in [0.25, 0.3) is 0 Å². The SMILES string of the molecule is COCCCN1C(=S)N[C@@H](c2ccccn2)[C@H]1c1cccn1-c1ccc(F)c(Cl)c1. The lowest BCUT2D eigenvalue weighted by Gasteiger charge is -2.29. The molecule has 156 valence electrons. The fourth-order valence-corrected chi connectivity index (χ4v) is 4.36. The number of pyridine rings is 1. The van der Waals surface area contributed by atoms with Crippen molar-refractivity contribution in [3.05, 3.63) is 83.2 Å². The Morgan fingerprint density at radius 2 is 2.10 bits per heavy atom. The number of ether oxygens (including phenoxy) is 1. The van der Waals surface area contributed by atoms with Crippen molar-refractivity contribution in [3.63, 3.8) is 0 Å². The second-order valence-electron chi connectivity index (χ2n) is 7.07. The second kappa shape index (κ2) is 9.12. The normalized spacial score (nSPS) is 18.6. The van der Waals surface area contributed by atoms with Crippen LogP contribution in [0.15, 0.2) is 60.9 Å². The van der Waals surface area contributed by atoms with Crippen LogP contribution in [0.25, 0.3) is 5.69 Å². The third-order valence-corrected chi connectivity index (χ3v) is 5.85. The monoisotopic (exact) mass is 444 g/mol. The topological polar surface area (TPSA) is 42.3 Å². The number of benzene rings is 1. The molecular formula is C22H22ClFN4OS. The van der Waals surface area contributed by atoms with Crippen LogP contribution >= 0.6 is 23.8 Å². The van der Waals surface area contributed by atoms with Crippen LogP contribution in [-0.4, -0.2) is 39.8 Å². The lowest BCUT2D eigenvalue weighted by molar-refractivity contribution is 0.180. The summed E-state index contributed by atoms with van der Waals surface area (Å²) in [5.74, 6) is -0.439. The van der Waals surface area contributed by atoms with Gasteiger partial charge in [-0.05, 0) is 61.1 Å². The Bertz CT molecular complexity index is 1030. The van der Waals surface area contributed by atoms with E-state index >= 15 is 0 Å². The molecule has 0 amide bonds. The molecule has 0 unspecified atom stereocenters. The molecule has 2 aromatic heterocycles. The number of thiocarbonyl (C=S) groups is 1. The third-order valence-electron chi connectivity index (χ3n) is 5.21.